The SMILES string of the molecule is Cc1cc(Cl)cc(C(=O)N2CCCC(C)(O)CC2)c1. The molecule has 104 valence electrons. The van der Waals surface area contributed by atoms with E-state index < -0.39 is 5.60 Å². The first-order valence-electron chi connectivity index (χ1n) is 6.66. The molecule has 1 aliphatic heterocycles. The number of benzene rings is 1. The van der Waals surface area contributed by atoms with E-state index in [2.05, 4.69) is 0 Å². The summed E-state index contributed by atoms with van der Waals surface area (Å²) in [5, 5.41) is 10.6. The van der Waals surface area contributed by atoms with Gasteiger partial charge in [-0.05, 0) is 56.9 Å². The lowest BCUT2D eigenvalue weighted by molar-refractivity contribution is 0.0438. The summed E-state index contributed by atoms with van der Waals surface area (Å²) in [6, 6.07) is 5.41. The predicted octanol–water partition coefficient (Wildman–Crippen LogP) is 3.03. The van der Waals surface area contributed by atoms with Crippen LogP contribution in [0, 0.1) is 6.92 Å². The molecule has 4 heteroatoms. The molecule has 1 amide bonds. The molecule has 1 fully saturated rings. The standard InChI is InChI=1S/C15H20ClNO2/c1-11-8-12(10-13(16)9-11)14(18)17-6-3-4-15(2,19)5-7-17/h8-10,19H,3-7H2,1-2H3. The van der Waals surface area contributed by atoms with E-state index in [4.69, 9.17) is 11.6 Å². The Morgan fingerprint density at radius 1 is 1.32 bits per heavy atom. The van der Waals surface area contributed by atoms with E-state index in [0.717, 1.165) is 18.4 Å². The van der Waals surface area contributed by atoms with E-state index in [1.54, 1.807) is 6.07 Å². The van der Waals surface area contributed by atoms with Crippen LogP contribution in [0.3, 0.4) is 0 Å². The molecule has 0 aromatic heterocycles. The minimum Gasteiger partial charge on any atom is -0.390 e. The molecule has 1 aromatic carbocycles. The fraction of sp³-hybridized carbons (Fsp3) is 0.533. The first-order chi connectivity index (χ1) is 8.87. The molecule has 1 aliphatic rings. The lowest BCUT2D eigenvalue weighted by atomic mass is 9.98. The van der Waals surface area contributed by atoms with Crippen molar-refractivity contribution in [3.63, 3.8) is 0 Å². The Bertz CT molecular complexity index is 465. The summed E-state index contributed by atoms with van der Waals surface area (Å²) in [5.41, 5.74) is 0.962. The van der Waals surface area contributed by atoms with E-state index in [0.29, 0.717) is 30.1 Å². The van der Waals surface area contributed by atoms with Crippen molar-refractivity contribution in [2.45, 2.75) is 38.7 Å². The Hall–Kier alpha value is -1.06. The third-order valence-electron chi connectivity index (χ3n) is 3.64. The van der Waals surface area contributed by atoms with Crippen molar-refractivity contribution in [3.05, 3.63) is 34.3 Å². The fourth-order valence-electron chi connectivity index (χ4n) is 2.51. The largest absolute Gasteiger partial charge is 0.390 e. The van der Waals surface area contributed by atoms with Gasteiger partial charge in [0.15, 0.2) is 0 Å². The lowest BCUT2D eigenvalue weighted by Crippen LogP contribution is -2.33. The van der Waals surface area contributed by atoms with E-state index in [9.17, 15) is 9.90 Å². The van der Waals surface area contributed by atoms with Gasteiger partial charge in [-0.15, -0.1) is 0 Å². The van der Waals surface area contributed by atoms with Crippen molar-refractivity contribution in [3.8, 4) is 0 Å². The molecule has 1 saturated heterocycles. The zero-order valence-electron chi connectivity index (χ0n) is 11.4. The molecule has 3 nitrogen and oxygen atoms in total. The number of aliphatic hydroxyl groups is 1. The van der Waals surface area contributed by atoms with Crippen molar-refractivity contribution in [1.82, 2.24) is 4.90 Å². The van der Waals surface area contributed by atoms with Crippen LogP contribution in [0.4, 0.5) is 0 Å². The number of carbonyl (C=O) groups is 1. The Morgan fingerprint density at radius 3 is 2.74 bits per heavy atom. The first-order valence-corrected chi connectivity index (χ1v) is 7.04. The highest BCUT2D eigenvalue weighted by Gasteiger charge is 2.27. The van der Waals surface area contributed by atoms with E-state index in [1.165, 1.54) is 0 Å². The van der Waals surface area contributed by atoms with Crippen molar-refractivity contribution in [1.29, 1.82) is 0 Å². The number of nitrogens with zero attached hydrogens (tertiary/aromatic N) is 1. The molecule has 0 saturated carbocycles. The van der Waals surface area contributed by atoms with Crippen molar-refractivity contribution >= 4 is 17.5 Å². The van der Waals surface area contributed by atoms with Gasteiger partial charge in [-0.1, -0.05) is 11.6 Å². The Balaban J connectivity index is 2.15. The molecular formula is C15H20ClNO2. The number of carbonyl (C=O) groups excluding carboxylic acids is 1. The zero-order valence-corrected chi connectivity index (χ0v) is 12.2. The normalized spacial score (nSPS) is 24.1. The summed E-state index contributed by atoms with van der Waals surface area (Å²) >= 11 is 6.00. The molecule has 19 heavy (non-hydrogen) atoms. The van der Waals surface area contributed by atoms with Crippen molar-refractivity contribution in [2.24, 2.45) is 0 Å². The summed E-state index contributed by atoms with van der Waals surface area (Å²) in [4.78, 5) is 14.3. The van der Waals surface area contributed by atoms with Gasteiger partial charge in [0.05, 0.1) is 5.60 Å². The van der Waals surface area contributed by atoms with E-state index in [-0.39, 0.29) is 5.91 Å². The average Bonchev–Trinajstić information content (AvgIpc) is 2.48. The molecule has 0 bridgehead atoms. The molecule has 0 radical (unpaired) electrons. The highest BCUT2D eigenvalue weighted by atomic mass is 35.5. The molecule has 1 heterocycles. The van der Waals surface area contributed by atoms with Gasteiger partial charge in [0.25, 0.3) is 5.91 Å². The van der Waals surface area contributed by atoms with Crippen LogP contribution in [0.5, 0.6) is 0 Å². The first kappa shape index (κ1) is 14.4. The van der Waals surface area contributed by atoms with Gasteiger partial charge in [0, 0.05) is 23.7 Å². The third kappa shape index (κ3) is 3.71. The Morgan fingerprint density at radius 2 is 2.05 bits per heavy atom. The van der Waals surface area contributed by atoms with Crippen LogP contribution in [0.25, 0.3) is 0 Å². The molecule has 1 atom stereocenters. The number of hydrogen-bond donors (Lipinski definition) is 1. The third-order valence-corrected chi connectivity index (χ3v) is 3.86. The second kappa shape index (κ2) is 5.51. The number of likely N-dealkylation sites (tertiary alicyclic amines) is 1. The van der Waals surface area contributed by atoms with Crippen LogP contribution in [0.2, 0.25) is 5.02 Å². The van der Waals surface area contributed by atoms with Crippen LogP contribution in [0.1, 0.15) is 42.1 Å². The van der Waals surface area contributed by atoms with Crippen molar-refractivity contribution in [2.75, 3.05) is 13.1 Å². The van der Waals surface area contributed by atoms with E-state index in [1.807, 2.05) is 30.9 Å². The number of amides is 1. The lowest BCUT2D eigenvalue weighted by Gasteiger charge is -2.22. The van der Waals surface area contributed by atoms with E-state index >= 15 is 0 Å². The number of hydrogen-bond acceptors (Lipinski definition) is 2. The molecule has 2 rings (SSSR count). The second-order valence-corrected chi connectivity index (χ2v) is 6.10. The quantitative estimate of drug-likeness (QED) is 0.860. The number of halogens is 1. The highest BCUT2D eigenvalue weighted by molar-refractivity contribution is 6.31. The molecule has 1 unspecified atom stereocenters. The zero-order chi connectivity index (χ0) is 14.0. The number of rotatable bonds is 1. The van der Waals surface area contributed by atoms with Crippen LogP contribution < -0.4 is 0 Å². The maximum atomic E-state index is 12.5. The van der Waals surface area contributed by atoms with Gasteiger partial charge in [0.2, 0.25) is 0 Å². The van der Waals surface area contributed by atoms with Gasteiger partial charge in [-0.25, -0.2) is 0 Å². The topological polar surface area (TPSA) is 40.5 Å². The Labute approximate surface area is 119 Å². The van der Waals surface area contributed by atoms with Gasteiger partial charge >= 0.3 is 0 Å². The van der Waals surface area contributed by atoms with Crippen LogP contribution in [-0.4, -0.2) is 34.6 Å². The Kier molecular flexibility index (Phi) is 4.16. The summed E-state index contributed by atoms with van der Waals surface area (Å²) < 4.78 is 0. The second-order valence-electron chi connectivity index (χ2n) is 5.66. The van der Waals surface area contributed by atoms with Crippen molar-refractivity contribution < 1.29 is 9.90 Å². The summed E-state index contributed by atoms with van der Waals surface area (Å²) in [6.07, 6.45) is 2.20. The van der Waals surface area contributed by atoms with Gasteiger partial charge in [-0.2, -0.15) is 0 Å². The molecule has 1 N–H and O–H groups in total. The molecule has 0 spiro atoms. The average molecular weight is 282 g/mol. The molecular weight excluding hydrogens is 262 g/mol. The van der Waals surface area contributed by atoms with Gasteiger partial charge in [0.1, 0.15) is 0 Å². The summed E-state index contributed by atoms with van der Waals surface area (Å²) in [6.45, 7) is 5.05. The van der Waals surface area contributed by atoms with Crippen LogP contribution in [0.15, 0.2) is 18.2 Å². The minimum atomic E-state index is -0.653. The van der Waals surface area contributed by atoms with Gasteiger partial charge < -0.3 is 10.0 Å². The minimum absolute atomic E-state index is 0.00306. The molecule has 0 aliphatic carbocycles. The predicted molar refractivity (Wildman–Crippen MR) is 76.6 cm³/mol. The maximum absolute atomic E-state index is 12.5. The fourth-order valence-corrected chi connectivity index (χ4v) is 2.80. The summed E-state index contributed by atoms with van der Waals surface area (Å²) in [7, 11) is 0. The maximum Gasteiger partial charge on any atom is 0.253 e. The summed E-state index contributed by atoms with van der Waals surface area (Å²) in [5.74, 6) is 0.00306. The number of aryl methyl sites for hydroxylation is 1. The smallest absolute Gasteiger partial charge is 0.253 e. The van der Waals surface area contributed by atoms with Crippen LogP contribution >= 0.6 is 11.6 Å². The van der Waals surface area contributed by atoms with Gasteiger partial charge in [-0.3, -0.25) is 4.79 Å². The molecule has 1 aromatic rings. The highest BCUT2D eigenvalue weighted by Crippen LogP contribution is 2.23. The monoisotopic (exact) mass is 281 g/mol. The van der Waals surface area contributed by atoms with Crippen LogP contribution in [-0.2, 0) is 0 Å².